The van der Waals surface area contributed by atoms with Crippen LogP contribution in [0.3, 0.4) is 0 Å². The second-order valence-corrected chi connectivity index (χ2v) is 4.99. The Balaban J connectivity index is 2.42. The summed E-state index contributed by atoms with van der Waals surface area (Å²) < 4.78 is 8.35. The molecule has 102 valence electrons. The molecule has 0 spiro atoms. The first kappa shape index (κ1) is 12.8. The molecule has 0 amide bonds. The molecule has 0 atom stereocenters. The van der Waals surface area contributed by atoms with Gasteiger partial charge in [-0.2, -0.15) is 0 Å². The molecule has 3 aromatic rings. The summed E-state index contributed by atoms with van der Waals surface area (Å²) in [6.07, 6.45) is 5.95. The average molecular weight is 265 g/mol. The fourth-order valence-corrected chi connectivity index (χ4v) is 2.82. The van der Waals surface area contributed by atoms with Crippen LogP contribution in [0, 0.1) is 0 Å². The molecule has 0 N–H and O–H groups in total. The molecule has 0 bridgehead atoms. The second kappa shape index (κ2) is 5.04. The summed E-state index contributed by atoms with van der Waals surface area (Å²) in [7, 11) is 0. The lowest BCUT2D eigenvalue weighted by Crippen LogP contribution is -1.97. The van der Waals surface area contributed by atoms with Gasteiger partial charge in [-0.05, 0) is 24.6 Å². The number of hydrogen-bond donors (Lipinski definition) is 0. The maximum atomic E-state index is 6.00. The number of aromatic nitrogens is 1. The van der Waals surface area contributed by atoms with E-state index in [2.05, 4.69) is 48.9 Å². The van der Waals surface area contributed by atoms with E-state index in [1.807, 2.05) is 6.08 Å². The molecule has 20 heavy (non-hydrogen) atoms. The van der Waals surface area contributed by atoms with Crippen molar-refractivity contribution in [2.45, 2.75) is 26.3 Å². The van der Waals surface area contributed by atoms with Gasteiger partial charge in [0, 0.05) is 17.5 Å². The van der Waals surface area contributed by atoms with Gasteiger partial charge < -0.3 is 8.98 Å². The van der Waals surface area contributed by atoms with E-state index < -0.39 is 0 Å². The van der Waals surface area contributed by atoms with Gasteiger partial charge in [-0.25, -0.2) is 0 Å². The van der Waals surface area contributed by atoms with Crippen LogP contribution in [-0.2, 0) is 6.54 Å². The highest BCUT2D eigenvalue weighted by Gasteiger charge is 2.18. The molecular formula is C18H19NO. The van der Waals surface area contributed by atoms with Crippen LogP contribution >= 0.6 is 0 Å². The van der Waals surface area contributed by atoms with Crippen molar-refractivity contribution in [1.29, 1.82) is 0 Å². The van der Waals surface area contributed by atoms with Gasteiger partial charge in [0.2, 0.25) is 0 Å². The van der Waals surface area contributed by atoms with Gasteiger partial charge in [0.1, 0.15) is 5.76 Å². The molecule has 0 aliphatic heterocycles. The van der Waals surface area contributed by atoms with E-state index in [4.69, 9.17) is 4.42 Å². The van der Waals surface area contributed by atoms with E-state index in [-0.39, 0.29) is 0 Å². The molecule has 1 aromatic carbocycles. The zero-order chi connectivity index (χ0) is 14.1. The van der Waals surface area contributed by atoms with Crippen molar-refractivity contribution in [2.24, 2.45) is 0 Å². The molecule has 0 unspecified atom stereocenters. The van der Waals surface area contributed by atoms with Gasteiger partial charge in [-0.3, -0.25) is 0 Å². The lowest BCUT2D eigenvalue weighted by atomic mass is 10.2. The van der Waals surface area contributed by atoms with Crippen molar-refractivity contribution in [3.8, 4) is 0 Å². The Labute approximate surface area is 119 Å². The first-order valence-corrected chi connectivity index (χ1v) is 7.10. The Morgan fingerprint density at radius 3 is 2.70 bits per heavy atom. The molecule has 2 aromatic heterocycles. The SMILES string of the molecule is C=Cc1oc2c3ccccc3n(CCCC)c2c1C=C. The first-order chi connectivity index (χ1) is 9.81. The van der Waals surface area contributed by atoms with Crippen LogP contribution < -0.4 is 0 Å². The molecule has 0 saturated heterocycles. The maximum absolute atomic E-state index is 6.00. The van der Waals surface area contributed by atoms with Crippen molar-refractivity contribution in [2.75, 3.05) is 0 Å². The summed E-state index contributed by atoms with van der Waals surface area (Å²) >= 11 is 0. The fourth-order valence-electron chi connectivity index (χ4n) is 2.82. The maximum Gasteiger partial charge on any atom is 0.161 e. The van der Waals surface area contributed by atoms with E-state index in [0.717, 1.165) is 40.8 Å². The van der Waals surface area contributed by atoms with Crippen LogP contribution in [0.4, 0.5) is 0 Å². The number of furan rings is 1. The molecule has 3 rings (SSSR count). The number of para-hydroxylation sites is 1. The molecular weight excluding hydrogens is 246 g/mol. The Morgan fingerprint density at radius 2 is 2.00 bits per heavy atom. The smallest absolute Gasteiger partial charge is 0.161 e. The number of hydrogen-bond acceptors (Lipinski definition) is 1. The van der Waals surface area contributed by atoms with Gasteiger partial charge in [-0.1, -0.05) is 44.7 Å². The standard InChI is InChI=1S/C18H19NO/c1-4-7-12-19-15-11-9-8-10-14(15)18-17(19)13(5-2)16(6-3)20-18/h5-6,8-11H,2-4,7,12H2,1H3. The Hall–Kier alpha value is -2.22. The lowest BCUT2D eigenvalue weighted by molar-refractivity contribution is 0.606. The third-order valence-corrected chi connectivity index (χ3v) is 3.78. The van der Waals surface area contributed by atoms with Gasteiger partial charge in [0.15, 0.2) is 5.58 Å². The molecule has 2 heterocycles. The van der Waals surface area contributed by atoms with Crippen molar-refractivity contribution in [3.05, 3.63) is 48.7 Å². The highest BCUT2D eigenvalue weighted by atomic mass is 16.3. The first-order valence-electron chi connectivity index (χ1n) is 7.10. The van der Waals surface area contributed by atoms with Gasteiger partial charge in [0.25, 0.3) is 0 Å². The van der Waals surface area contributed by atoms with Crippen molar-refractivity contribution in [1.82, 2.24) is 4.57 Å². The van der Waals surface area contributed by atoms with Gasteiger partial charge in [0.05, 0.1) is 11.0 Å². The molecule has 0 aliphatic carbocycles. The highest BCUT2D eigenvalue weighted by molar-refractivity contribution is 6.08. The van der Waals surface area contributed by atoms with Crippen LogP contribution in [0.1, 0.15) is 31.1 Å². The number of aryl methyl sites for hydroxylation is 1. The number of unbranched alkanes of at least 4 members (excludes halogenated alkanes) is 1. The topological polar surface area (TPSA) is 18.1 Å². The minimum atomic E-state index is 0.806. The number of fused-ring (bicyclic) bond motifs is 3. The number of benzene rings is 1. The van der Waals surface area contributed by atoms with Crippen LogP contribution in [0.25, 0.3) is 34.2 Å². The monoisotopic (exact) mass is 265 g/mol. The predicted octanol–water partition coefficient (Wildman–Crippen LogP) is 5.47. The average Bonchev–Trinajstić information content (AvgIpc) is 2.99. The van der Waals surface area contributed by atoms with Crippen LogP contribution in [0.5, 0.6) is 0 Å². The van der Waals surface area contributed by atoms with E-state index in [9.17, 15) is 0 Å². The van der Waals surface area contributed by atoms with E-state index in [0.29, 0.717) is 0 Å². The summed E-state index contributed by atoms with van der Waals surface area (Å²) in [5.41, 5.74) is 4.36. The fraction of sp³-hybridized carbons (Fsp3) is 0.222. The molecule has 2 nitrogen and oxygen atoms in total. The van der Waals surface area contributed by atoms with Crippen LogP contribution in [-0.4, -0.2) is 4.57 Å². The van der Waals surface area contributed by atoms with E-state index in [1.165, 1.54) is 11.9 Å². The molecule has 0 saturated carbocycles. The summed E-state index contributed by atoms with van der Waals surface area (Å²) in [5.74, 6) is 0.806. The van der Waals surface area contributed by atoms with E-state index in [1.54, 1.807) is 6.08 Å². The van der Waals surface area contributed by atoms with Crippen LogP contribution in [0.2, 0.25) is 0 Å². The van der Waals surface area contributed by atoms with Crippen molar-refractivity contribution >= 4 is 34.2 Å². The predicted molar refractivity (Wildman–Crippen MR) is 86.8 cm³/mol. The van der Waals surface area contributed by atoms with Crippen molar-refractivity contribution in [3.63, 3.8) is 0 Å². The second-order valence-electron chi connectivity index (χ2n) is 4.99. The normalized spacial score (nSPS) is 11.2. The zero-order valence-electron chi connectivity index (χ0n) is 11.9. The highest BCUT2D eigenvalue weighted by Crippen LogP contribution is 2.36. The third kappa shape index (κ3) is 1.72. The van der Waals surface area contributed by atoms with Gasteiger partial charge in [-0.15, -0.1) is 0 Å². The molecule has 0 fully saturated rings. The third-order valence-electron chi connectivity index (χ3n) is 3.78. The number of rotatable bonds is 5. The minimum Gasteiger partial charge on any atom is -0.454 e. The molecule has 0 radical (unpaired) electrons. The summed E-state index contributed by atoms with van der Waals surface area (Å²) in [6, 6.07) is 8.39. The van der Waals surface area contributed by atoms with Crippen LogP contribution in [0.15, 0.2) is 41.8 Å². The zero-order valence-corrected chi connectivity index (χ0v) is 11.9. The summed E-state index contributed by atoms with van der Waals surface area (Å²) in [4.78, 5) is 0. The van der Waals surface area contributed by atoms with Crippen molar-refractivity contribution < 1.29 is 4.42 Å². The Morgan fingerprint density at radius 1 is 1.20 bits per heavy atom. The number of nitrogens with zero attached hydrogens (tertiary/aromatic N) is 1. The molecule has 0 aliphatic rings. The Kier molecular flexibility index (Phi) is 3.23. The lowest BCUT2D eigenvalue weighted by Gasteiger charge is -2.06. The van der Waals surface area contributed by atoms with Gasteiger partial charge >= 0.3 is 0 Å². The summed E-state index contributed by atoms with van der Waals surface area (Å²) in [6.45, 7) is 11.0. The molecule has 2 heteroatoms. The minimum absolute atomic E-state index is 0.806. The largest absolute Gasteiger partial charge is 0.454 e. The summed E-state index contributed by atoms with van der Waals surface area (Å²) in [5, 5.41) is 1.16. The Bertz CT molecular complexity index is 789. The van der Waals surface area contributed by atoms with E-state index >= 15 is 0 Å². The quantitative estimate of drug-likeness (QED) is 0.598.